The van der Waals surface area contributed by atoms with Crippen molar-refractivity contribution in [3.05, 3.63) is 35.4 Å². The Morgan fingerprint density at radius 3 is 2.40 bits per heavy atom. The highest BCUT2D eigenvalue weighted by Gasteiger charge is 2.40. The van der Waals surface area contributed by atoms with Gasteiger partial charge in [0.05, 0.1) is 0 Å². The summed E-state index contributed by atoms with van der Waals surface area (Å²) in [7, 11) is 6.62. The van der Waals surface area contributed by atoms with Gasteiger partial charge in [0, 0.05) is 24.7 Å². The van der Waals surface area contributed by atoms with E-state index in [0.717, 1.165) is 6.54 Å². The van der Waals surface area contributed by atoms with E-state index in [1.54, 1.807) is 0 Å². The molecule has 0 spiro atoms. The Balaban J connectivity index is 2.11. The minimum Gasteiger partial charge on any atom is -0.329 e. The molecule has 0 saturated heterocycles. The first kappa shape index (κ1) is 15.5. The Hall–Kier alpha value is -0.900. The normalized spacial score (nSPS) is 19.1. The third-order valence-corrected chi connectivity index (χ3v) is 4.96. The van der Waals surface area contributed by atoms with Gasteiger partial charge in [0.2, 0.25) is 0 Å². The average Bonchev–Trinajstić information content (AvgIpc) is 2.34. The Bertz CT molecular complexity index is 438. The fourth-order valence-corrected chi connectivity index (χ4v) is 3.35. The van der Waals surface area contributed by atoms with Gasteiger partial charge < -0.3 is 10.6 Å². The Kier molecular flexibility index (Phi) is 4.84. The van der Waals surface area contributed by atoms with Gasteiger partial charge >= 0.3 is 0 Å². The molecule has 1 atom stereocenters. The second-order valence-corrected chi connectivity index (χ2v) is 6.55. The zero-order valence-electron chi connectivity index (χ0n) is 13.4. The molecule has 0 radical (unpaired) electrons. The Morgan fingerprint density at radius 1 is 1.25 bits per heavy atom. The molecule has 1 aliphatic carbocycles. The minimum absolute atomic E-state index is 0.312. The van der Waals surface area contributed by atoms with Gasteiger partial charge in [-0.1, -0.05) is 29.8 Å². The molecule has 0 aliphatic heterocycles. The largest absolute Gasteiger partial charge is 0.329 e. The molecule has 0 bridgehead atoms. The molecular formula is C17H29N3. The molecule has 112 valence electrons. The van der Waals surface area contributed by atoms with Gasteiger partial charge in [0.25, 0.3) is 0 Å². The van der Waals surface area contributed by atoms with E-state index in [2.05, 4.69) is 62.1 Å². The third-order valence-electron chi connectivity index (χ3n) is 4.96. The average molecular weight is 275 g/mol. The molecule has 3 nitrogen and oxygen atoms in total. The lowest BCUT2D eigenvalue weighted by atomic mass is 9.75. The number of nitrogens with two attached hydrogens (primary N) is 1. The maximum Gasteiger partial charge on any atom is 0.0468 e. The van der Waals surface area contributed by atoms with E-state index in [0.29, 0.717) is 18.1 Å². The molecule has 0 heterocycles. The summed E-state index contributed by atoms with van der Waals surface area (Å²) < 4.78 is 0. The van der Waals surface area contributed by atoms with Gasteiger partial charge in [0.15, 0.2) is 0 Å². The van der Waals surface area contributed by atoms with Crippen LogP contribution in [0.15, 0.2) is 24.3 Å². The van der Waals surface area contributed by atoms with Crippen LogP contribution in [0.25, 0.3) is 0 Å². The van der Waals surface area contributed by atoms with Crippen LogP contribution in [0.1, 0.15) is 36.4 Å². The zero-order valence-corrected chi connectivity index (χ0v) is 13.4. The van der Waals surface area contributed by atoms with Gasteiger partial charge in [-0.25, -0.2) is 0 Å². The maximum atomic E-state index is 6.05. The van der Waals surface area contributed by atoms with Crippen molar-refractivity contribution < 1.29 is 0 Å². The molecule has 1 unspecified atom stereocenters. The highest BCUT2D eigenvalue weighted by molar-refractivity contribution is 5.25. The van der Waals surface area contributed by atoms with Gasteiger partial charge in [-0.05, 0) is 52.9 Å². The highest BCUT2D eigenvalue weighted by Crippen LogP contribution is 2.38. The third kappa shape index (κ3) is 3.05. The molecule has 1 saturated carbocycles. The van der Waals surface area contributed by atoms with Gasteiger partial charge in [-0.3, -0.25) is 4.90 Å². The molecule has 20 heavy (non-hydrogen) atoms. The summed E-state index contributed by atoms with van der Waals surface area (Å²) in [6, 6.07) is 9.05. The van der Waals surface area contributed by atoms with Gasteiger partial charge in [-0.2, -0.15) is 0 Å². The highest BCUT2D eigenvalue weighted by atomic mass is 15.2. The summed E-state index contributed by atoms with van der Waals surface area (Å²) in [6.45, 7) is 3.91. The van der Waals surface area contributed by atoms with E-state index in [9.17, 15) is 0 Å². The molecule has 2 rings (SSSR count). The molecule has 3 heteroatoms. The van der Waals surface area contributed by atoms with Crippen LogP contribution in [0.5, 0.6) is 0 Å². The summed E-state index contributed by atoms with van der Waals surface area (Å²) in [5.41, 5.74) is 9.05. The van der Waals surface area contributed by atoms with E-state index in [1.807, 2.05) is 0 Å². The molecule has 0 aromatic heterocycles. The predicted molar refractivity (Wildman–Crippen MR) is 85.9 cm³/mol. The number of aryl methyl sites for hydroxylation is 1. The summed E-state index contributed by atoms with van der Waals surface area (Å²) in [5, 5.41) is 0. The standard InChI is InChI=1S/C17H29N3/c1-14-7-5-8-15(11-14)16(12-18)20(4)13-17(19(2)3)9-6-10-17/h5,7-8,11,16H,6,9-10,12-13,18H2,1-4H3. The lowest BCUT2D eigenvalue weighted by Crippen LogP contribution is -2.57. The van der Waals surface area contributed by atoms with E-state index in [1.165, 1.54) is 30.4 Å². The minimum atomic E-state index is 0.312. The Labute approximate surface area is 123 Å². The lowest BCUT2D eigenvalue weighted by molar-refractivity contribution is 0.0168. The molecule has 0 amide bonds. The van der Waals surface area contributed by atoms with E-state index in [4.69, 9.17) is 5.73 Å². The number of likely N-dealkylation sites (N-methyl/N-ethyl adjacent to an activating group) is 2. The molecule has 2 N–H and O–H groups in total. The van der Waals surface area contributed by atoms with Crippen LogP contribution < -0.4 is 5.73 Å². The van der Waals surface area contributed by atoms with Crippen LogP contribution in [0, 0.1) is 6.92 Å². The number of hydrogen-bond acceptors (Lipinski definition) is 3. The fraction of sp³-hybridized carbons (Fsp3) is 0.647. The van der Waals surface area contributed by atoms with Crippen LogP contribution in [0.2, 0.25) is 0 Å². The zero-order chi connectivity index (χ0) is 14.8. The van der Waals surface area contributed by atoms with Crippen LogP contribution in [0.3, 0.4) is 0 Å². The monoisotopic (exact) mass is 275 g/mol. The molecule has 1 fully saturated rings. The predicted octanol–water partition coefficient (Wildman–Crippen LogP) is 2.41. The van der Waals surface area contributed by atoms with Crippen molar-refractivity contribution in [2.45, 2.75) is 37.8 Å². The van der Waals surface area contributed by atoms with Crippen LogP contribution in [0.4, 0.5) is 0 Å². The van der Waals surface area contributed by atoms with Crippen molar-refractivity contribution in [3.63, 3.8) is 0 Å². The van der Waals surface area contributed by atoms with Crippen molar-refractivity contribution in [2.75, 3.05) is 34.2 Å². The first-order chi connectivity index (χ1) is 9.48. The van der Waals surface area contributed by atoms with Crippen LogP contribution in [-0.4, -0.2) is 49.6 Å². The van der Waals surface area contributed by atoms with E-state index in [-0.39, 0.29) is 0 Å². The summed E-state index contributed by atoms with van der Waals surface area (Å²) in [5.74, 6) is 0. The smallest absolute Gasteiger partial charge is 0.0468 e. The van der Waals surface area contributed by atoms with E-state index < -0.39 is 0 Å². The van der Waals surface area contributed by atoms with Crippen molar-refractivity contribution in [1.82, 2.24) is 9.80 Å². The number of nitrogens with zero attached hydrogens (tertiary/aromatic N) is 2. The van der Waals surface area contributed by atoms with Crippen molar-refractivity contribution >= 4 is 0 Å². The fourth-order valence-electron chi connectivity index (χ4n) is 3.35. The lowest BCUT2D eigenvalue weighted by Gasteiger charge is -2.50. The van der Waals surface area contributed by atoms with Crippen LogP contribution in [-0.2, 0) is 0 Å². The Morgan fingerprint density at radius 2 is 1.95 bits per heavy atom. The topological polar surface area (TPSA) is 32.5 Å². The van der Waals surface area contributed by atoms with Crippen molar-refractivity contribution in [1.29, 1.82) is 0 Å². The van der Waals surface area contributed by atoms with Crippen molar-refractivity contribution in [2.24, 2.45) is 5.73 Å². The number of rotatable bonds is 6. The molecule has 1 aromatic rings. The summed E-state index contributed by atoms with van der Waals surface area (Å²) in [4.78, 5) is 4.84. The first-order valence-electron chi connectivity index (χ1n) is 7.63. The summed E-state index contributed by atoms with van der Waals surface area (Å²) >= 11 is 0. The maximum absolute atomic E-state index is 6.05. The van der Waals surface area contributed by atoms with E-state index >= 15 is 0 Å². The number of hydrogen-bond donors (Lipinski definition) is 1. The van der Waals surface area contributed by atoms with Gasteiger partial charge in [-0.15, -0.1) is 0 Å². The van der Waals surface area contributed by atoms with Gasteiger partial charge in [0.1, 0.15) is 0 Å². The number of benzene rings is 1. The quantitative estimate of drug-likeness (QED) is 0.865. The molecule has 1 aromatic carbocycles. The second-order valence-electron chi connectivity index (χ2n) is 6.55. The van der Waals surface area contributed by atoms with Crippen molar-refractivity contribution in [3.8, 4) is 0 Å². The summed E-state index contributed by atoms with van der Waals surface area (Å²) in [6.07, 6.45) is 3.95. The second kappa shape index (κ2) is 6.25. The van der Waals surface area contributed by atoms with Crippen LogP contribution >= 0.6 is 0 Å². The molecule has 1 aliphatic rings. The first-order valence-corrected chi connectivity index (χ1v) is 7.63. The SMILES string of the molecule is Cc1cccc(C(CN)N(C)CC2(N(C)C)CCC2)c1. The molecular weight excluding hydrogens is 246 g/mol.